The molecule has 1 N–H and O–H groups in total. The van der Waals surface area contributed by atoms with Crippen molar-refractivity contribution in [3.05, 3.63) is 112 Å². The van der Waals surface area contributed by atoms with Crippen LogP contribution in [0.5, 0.6) is 5.75 Å². The number of fused-ring (bicyclic) bond motifs is 1. The summed E-state index contributed by atoms with van der Waals surface area (Å²) >= 11 is 0.818. The molecule has 4 aromatic carbocycles. The number of amides is 3. The Morgan fingerprint density at radius 3 is 2.50 bits per heavy atom. The van der Waals surface area contributed by atoms with Gasteiger partial charge in [0, 0.05) is 11.3 Å². The number of imide groups is 1. The Labute approximate surface area is 225 Å². The number of para-hydroxylation sites is 1. The van der Waals surface area contributed by atoms with E-state index < -0.39 is 17.1 Å². The Kier molecular flexibility index (Phi) is 7.29. The predicted octanol–water partition coefficient (Wildman–Crippen LogP) is 6.71. The second-order valence-electron chi connectivity index (χ2n) is 9.14. The van der Waals surface area contributed by atoms with E-state index in [4.69, 9.17) is 4.74 Å². The first-order valence-electron chi connectivity index (χ1n) is 12.2. The Hall–Kier alpha value is -4.36. The molecule has 4 aromatic rings. The molecule has 1 aliphatic heterocycles. The maximum Gasteiger partial charge on any atom is 0.294 e. The van der Waals surface area contributed by atoms with E-state index >= 15 is 0 Å². The van der Waals surface area contributed by atoms with Crippen molar-refractivity contribution in [1.29, 1.82) is 0 Å². The van der Waals surface area contributed by atoms with Crippen LogP contribution in [0.3, 0.4) is 0 Å². The molecule has 0 aromatic heterocycles. The third-order valence-electron chi connectivity index (χ3n) is 6.25. The summed E-state index contributed by atoms with van der Waals surface area (Å²) in [5, 5.41) is 4.61. The van der Waals surface area contributed by atoms with Crippen LogP contribution in [0.2, 0.25) is 0 Å². The number of nitrogens with one attached hydrogen (secondary N) is 1. The van der Waals surface area contributed by atoms with Crippen molar-refractivity contribution < 1.29 is 19.1 Å². The lowest BCUT2D eigenvalue weighted by Crippen LogP contribution is -2.36. The third-order valence-corrected chi connectivity index (χ3v) is 7.15. The van der Waals surface area contributed by atoms with Gasteiger partial charge in [-0.05, 0) is 71.8 Å². The summed E-state index contributed by atoms with van der Waals surface area (Å²) in [6, 6.07) is 27.3. The number of carbonyl (C=O) groups excluding carboxylic acids is 3. The van der Waals surface area contributed by atoms with Crippen LogP contribution in [0.15, 0.2) is 89.8 Å². The molecule has 38 heavy (non-hydrogen) atoms. The Bertz CT molecular complexity index is 1590. The SMILES string of the molecule is Cc1ccc(NC(=O)CN2C(=O)S/C(=C\c3ccccc3OCc3ccc4ccccc4c3)C2=O)c(C)c1. The van der Waals surface area contributed by atoms with Gasteiger partial charge in [0.25, 0.3) is 11.1 Å². The van der Waals surface area contributed by atoms with Crippen LogP contribution in [0.25, 0.3) is 16.8 Å². The van der Waals surface area contributed by atoms with Crippen molar-refractivity contribution in [2.24, 2.45) is 0 Å². The number of anilines is 1. The van der Waals surface area contributed by atoms with Gasteiger partial charge >= 0.3 is 0 Å². The second kappa shape index (κ2) is 10.9. The summed E-state index contributed by atoms with van der Waals surface area (Å²) in [7, 11) is 0. The third kappa shape index (κ3) is 5.63. The quantitative estimate of drug-likeness (QED) is 0.273. The zero-order valence-electron chi connectivity index (χ0n) is 21.1. The van der Waals surface area contributed by atoms with E-state index in [1.54, 1.807) is 6.08 Å². The summed E-state index contributed by atoms with van der Waals surface area (Å²) in [5.41, 5.74) is 4.35. The molecular weight excluding hydrogens is 496 g/mol. The molecule has 0 radical (unpaired) electrons. The molecule has 6 nitrogen and oxygen atoms in total. The van der Waals surface area contributed by atoms with Crippen LogP contribution in [0.4, 0.5) is 10.5 Å². The Morgan fingerprint density at radius 1 is 0.921 bits per heavy atom. The van der Waals surface area contributed by atoms with E-state index in [1.807, 2.05) is 74.5 Å². The fraction of sp³-hybridized carbons (Fsp3) is 0.129. The van der Waals surface area contributed by atoms with E-state index in [0.717, 1.165) is 44.1 Å². The standard InChI is InChI=1S/C31H26N2O4S/c1-20-11-14-26(21(2)15-20)32-29(34)18-33-30(35)28(38-31(33)36)17-25-9-5-6-10-27(25)37-19-22-12-13-23-7-3-4-8-24(23)16-22/h3-17H,18-19H2,1-2H3,(H,32,34)/b28-17-. The van der Waals surface area contributed by atoms with Crippen LogP contribution in [0, 0.1) is 13.8 Å². The fourth-order valence-electron chi connectivity index (χ4n) is 4.29. The first-order chi connectivity index (χ1) is 18.4. The largest absolute Gasteiger partial charge is 0.488 e. The molecule has 3 amide bonds. The van der Waals surface area contributed by atoms with Crippen molar-refractivity contribution in [3.63, 3.8) is 0 Å². The van der Waals surface area contributed by atoms with Gasteiger partial charge in [-0.3, -0.25) is 19.3 Å². The molecule has 7 heteroatoms. The minimum Gasteiger partial charge on any atom is -0.488 e. The number of benzene rings is 4. The number of ether oxygens (including phenoxy) is 1. The minimum atomic E-state index is -0.500. The summed E-state index contributed by atoms with van der Waals surface area (Å²) in [6.07, 6.45) is 1.64. The highest BCUT2D eigenvalue weighted by Crippen LogP contribution is 2.34. The number of hydrogen-bond acceptors (Lipinski definition) is 5. The molecule has 1 fully saturated rings. The van der Waals surface area contributed by atoms with Gasteiger partial charge in [-0.25, -0.2) is 0 Å². The van der Waals surface area contributed by atoms with Gasteiger partial charge in [-0.2, -0.15) is 0 Å². The lowest BCUT2D eigenvalue weighted by atomic mass is 10.1. The van der Waals surface area contributed by atoms with Gasteiger partial charge in [-0.1, -0.05) is 72.3 Å². The van der Waals surface area contributed by atoms with Crippen LogP contribution in [-0.4, -0.2) is 28.5 Å². The number of carbonyl (C=O) groups is 3. The van der Waals surface area contributed by atoms with Gasteiger partial charge in [0.05, 0.1) is 4.91 Å². The van der Waals surface area contributed by atoms with Crippen molar-refractivity contribution in [2.75, 3.05) is 11.9 Å². The highest BCUT2D eigenvalue weighted by Gasteiger charge is 2.36. The molecular formula is C31H26N2O4S. The topological polar surface area (TPSA) is 75.7 Å². The van der Waals surface area contributed by atoms with Gasteiger partial charge < -0.3 is 10.1 Å². The Balaban J connectivity index is 1.27. The van der Waals surface area contributed by atoms with Gasteiger partial charge in [0.2, 0.25) is 5.91 Å². The van der Waals surface area contributed by atoms with Crippen molar-refractivity contribution in [1.82, 2.24) is 4.90 Å². The maximum atomic E-state index is 13.0. The van der Waals surface area contributed by atoms with Crippen LogP contribution in [-0.2, 0) is 16.2 Å². The summed E-state index contributed by atoms with van der Waals surface area (Å²) in [4.78, 5) is 39.5. The molecule has 1 saturated heterocycles. The first-order valence-corrected chi connectivity index (χ1v) is 13.0. The molecule has 0 saturated carbocycles. The van der Waals surface area contributed by atoms with Crippen LogP contribution < -0.4 is 10.1 Å². The number of rotatable bonds is 7. The highest BCUT2D eigenvalue weighted by atomic mass is 32.2. The molecule has 0 unspecified atom stereocenters. The predicted molar refractivity (Wildman–Crippen MR) is 152 cm³/mol. The molecule has 190 valence electrons. The summed E-state index contributed by atoms with van der Waals surface area (Å²) in [6.45, 7) is 3.87. The van der Waals surface area contributed by atoms with Gasteiger partial charge in [-0.15, -0.1) is 0 Å². The second-order valence-corrected chi connectivity index (χ2v) is 10.1. The smallest absolute Gasteiger partial charge is 0.294 e. The zero-order valence-corrected chi connectivity index (χ0v) is 21.9. The van der Waals surface area contributed by atoms with E-state index in [1.165, 1.54) is 0 Å². The number of hydrogen-bond donors (Lipinski definition) is 1. The molecule has 5 rings (SSSR count). The molecule has 0 spiro atoms. The molecule has 0 aliphatic carbocycles. The zero-order chi connectivity index (χ0) is 26.6. The Morgan fingerprint density at radius 2 is 1.68 bits per heavy atom. The summed E-state index contributed by atoms with van der Waals surface area (Å²) in [5.74, 6) is -0.334. The molecule has 1 aliphatic rings. The average molecular weight is 523 g/mol. The average Bonchev–Trinajstić information content (AvgIpc) is 3.17. The van der Waals surface area contributed by atoms with Crippen molar-refractivity contribution in [2.45, 2.75) is 20.5 Å². The minimum absolute atomic E-state index is 0.246. The normalized spacial score (nSPS) is 14.4. The van der Waals surface area contributed by atoms with Crippen molar-refractivity contribution >= 4 is 51.4 Å². The van der Waals surface area contributed by atoms with Gasteiger partial charge in [0.15, 0.2) is 0 Å². The van der Waals surface area contributed by atoms with E-state index in [0.29, 0.717) is 23.6 Å². The maximum absolute atomic E-state index is 13.0. The lowest BCUT2D eigenvalue weighted by molar-refractivity contribution is -0.127. The van der Waals surface area contributed by atoms with E-state index in [9.17, 15) is 14.4 Å². The van der Waals surface area contributed by atoms with Crippen LogP contribution >= 0.6 is 11.8 Å². The summed E-state index contributed by atoms with van der Waals surface area (Å²) < 4.78 is 6.09. The lowest BCUT2D eigenvalue weighted by Gasteiger charge is -2.14. The monoisotopic (exact) mass is 522 g/mol. The highest BCUT2D eigenvalue weighted by molar-refractivity contribution is 8.18. The molecule has 0 atom stereocenters. The van der Waals surface area contributed by atoms with E-state index in [2.05, 4.69) is 29.6 Å². The fourth-order valence-corrected chi connectivity index (χ4v) is 5.11. The number of aryl methyl sites for hydroxylation is 2. The number of nitrogens with zero attached hydrogens (tertiary/aromatic N) is 1. The van der Waals surface area contributed by atoms with E-state index in [-0.39, 0.29) is 11.4 Å². The molecule has 1 heterocycles. The molecule has 0 bridgehead atoms. The van der Waals surface area contributed by atoms with Gasteiger partial charge in [0.1, 0.15) is 18.9 Å². The van der Waals surface area contributed by atoms with Crippen molar-refractivity contribution in [3.8, 4) is 5.75 Å². The number of thioether (sulfide) groups is 1. The van der Waals surface area contributed by atoms with Crippen LogP contribution in [0.1, 0.15) is 22.3 Å². The first kappa shape index (κ1) is 25.3.